The van der Waals surface area contributed by atoms with Gasteiger partial charge in [0, 0.05) is 24.9 Å². The molecule has 0 aliphatic rings. The van der Waals surface area contributed by atoms with Crippen molar-refractivity contribution in [3.05, 3.63) is 113 Å². The summed E-state index contributed by atoms with van der Waals surface area (Å²) in [5, 5.41) is 1.29. The molecule has 0 amide bonds. The molecule has 0 saturated heterocycles. The van der Waals surface area contributed by atoms with E-state index < -0.39 is 0 Å². The van der Waals surface area contributed by atoms with Crippen LogP contribution in [-0.4, -0.2) is 38.5 Å². The van der Waals surface area contributed by atoms with Crippen LogP contribution in [0.1, 0.15) is 16.7 Å². The maximum absolute atomic E-state index is 6.52. The van der Waals surface area contributed by atoms with Crippen LogP contribution in [-0.2, 0) is 18.8 Å². The van der Waals surface area contributed by atoms with Crippen LogP contribution in [0, 0.1) is 0 Å². The van der Waals surface area contributed by atoms with Crippen LogP contribution in [0.2, 0.25) is 5.02 Å². The molecule has 4 aromatic carbocycles. The summed E-state index contributed by atoms with van der Waals surface area (Å²) in [7, 11) is 6.54. The van der Waals surface area contributed by atoms with Crippen LogP contribution in [0.4, 0.5) is 5.69 Å². The van der Waals surface area contributed by atoms with E-state index in [1.807, 2.05) is 42.5 Å². The highest BCUT2D eigenvalue weighted by atomic mass is 35.5. The lowest BCUT2D eigenvalue weighted by Crippen LogP contribution is -2.28. The van der Waals surface area contributed by atoms with Gasteiger partial charge in [-0.15, -0.1) is 0 Å². The topological polar surface area (TPSA) is 52.5 Å². The highest BCUT2D eigenvalue weighted by Crippen LogP contribution is 2.39. The molecule has 0 aromatic heterocycles. The lowest BCUT2D eigenvalue weighted by atomic mass is 10.1. The fourth-order valence-corrected chi connectivity index (χ4v) is 5.24. The van der Waals surface area contributed by atoms with Gasteiger partial charge in [0.1, 0.15) is 28.7 Å². The number of rotatable bonds is 11. The number of methoxy groups -OCH3 is 4. The highest BCUT2D eigenvalue weighted by molar-refractivity contribution is 8.13. The van der Waals surface area contributed by atoms with E-state index in [4.69, 9.17) is 35.5 Å². The number of nitrogens with zero attached hydrogens (tertiary/aromatic N) is 2. The van der Waals surface area contributed by atoms with Crippen molar-refractivity contribution < 1.29 is 18.9 Å². The molecular formula is C32H33ClN2O4S. The molecule has 0 aliphatic heterocycles. The highest BCUT2D eigenvalue weighted by Gasteiger charge is 2.18. The Morgan fingerprint density at radius 1 is 0.675 bits per heavy atom. The summed E-state index contributed by atoms with van der Waals surface area (Å²) >= 11 is 8.18. The van der Waals surface area contributed by atoms with Crippen LogP contribution in [0.25, 0.3) is 0 Å². The molecule has 0 spiro atoms. The van der Waals surface area contributed by atoms with E-state index >= 15 is 0 Å². The van der Waals surface area contributed by atoms with Gasteiger partial charge in [-0.05, 0) is 47.0 Å². The molecule has 0 saturated carbocycles. The number of ether oxygens (including phenoxy) is 4. The summed E-state index contributed by atoms with van der Waals surface area (Å²) in [5.74, 6) is 3.48. The minimum Gasteiger partial charge on any atom is -0.497 e. The molecule has 0 fully saturated rings. The second-order valence-corrected chi connectivity index (χ2v) is 10.2. The third-order valence-corrected chi connectivity index (χ3v) is 7.60. The number of thioether (sulfide) groups is 1. The number of hydrogen-bond donors (Lipinski definition) is 0. The first kappa shape index (κ1) is 29.2. The molecule has 40 heavy (non-hydrogen) atoms. The molecule has 0 aliphatic carbocycles. The number of hydrogen-bond acceptors (Lipinski definition) is 6. The second-order valence-electron chi connectivity index (χ2n) is 8.88. The zero-order chi connectivity index (χ0) is 28.3. The van der Waals surface area contributed by atoms with E-state index in [0.717, 1.165) is 33.5 Å². The number of amidine groups is 1. The average Bonchev–Trinajstić information content (AvgIpc) is 3.00. The average molecular weight is 577 g/mol. The number of benzene rings is 4. The standard InChI is InChI=1S/C32H33ClN2O4S/c1-36-26-14-10-23(11-15-26)20-35(21-24-12-16-27(37-2)17-13-24)32(40-22-25-8-6-5-7-9-25)34-29-18-28(33)30(38-3)19-31(29)39-4/h5-19H,20-22H2,1-4H3. The zero-order valence-corrected chi connectivity index (χ0v) is 24.7. The van der Waals surface area contributed by atoms with E-state index in [2.05, 4.69) is 41.3 Å². The molecule has 4 rings (SSSR count). The number of halogens is 1. The molecule has 0 radical (unpaired) electrons. The second kappa shape index (κ2) is 14.5. The van der Waals surface area contributed by atoms with Gasteiger partial charge in [0.15, 0.2) is 5.17 Å². The SMILES string of the molecule is COc1ccc(CN(Cc2ccc(OC)cc2)C(=Nc2cc(Cl)c(OC)cc2OC)SCc2ccccc2)cc1. The summed E-state index contributed by atoms with van der Waals surface area (Å²) < 4.78 is 21.8. The van der Waals surface area contributed by atoms with Gasteiger partial charge in [-0.3, -0.25) is 0 Å². The van der Waals surface area contributed by atoms with E-state index in [9.17, 15) is 0 Å². The number of aliphatic imine (C=N–C) groups is 1. The zero-order valence-electron chi connectivity index (χ0n) is 23.1. The van der Waals surface area contributed by atoms with Gasteiger partial charge in [0.2, 0.25) is 0 Å². The Bertz CT molecular complexity index is 1350. The van der Waals surface area contributed by atoms with Crippen molar-refractivity contribution in [2.75, 3.05) is 28.4 Å². The normalized spacial score (nSPS) is 11.2. The van der Waals surface area contributed by atoms with Crippen molar-refractivity contribution in [2.24, 2.45) is 4.99 Å². The van der Waals surface area contributed by atoms with Gasteiger partial charge in [0.25, 0.3) is 0 Å². The predicted octanol–water partition coefficient (Wildman–Crippen LogP) is 8.00. The third-order valence-electron chi connectivity index (χ3n) is 6.22. The fourth-order valence-electron chi connectivity index (χ4n) is 4.04. The first-order valence-electron chi connectivity index (χ1n) is 12.7. The van der Waals surface area contributed by atoms with Gasteiger partial charge in [0.05, 0.1) is 33.5 Å². The summed E-state index contributed by atoms with van der Waals surface area (Å²) in [4.78, 5) is 7.39. The quantitative estimate of drug-likeness (QED) is 0.133. The first-order valence-corrected chi connectivity index (χ1v) is 14.1. The minimum atomic E-state index is 0.464. The first-order chi connectivity index (χ1) is 19.5. The van der Waals surface area contributed by atoms with E-state index in [1.165, 1.54) is 5.56 Å². The molecule has 0 N–H and O–H groups in total. The Labute approximate surface area is 245 Å². The molecule has 208 valence electrons. The van der Waals surface area contributed by atoms with E-state index in [-0.39, 0.29) is 0 Å². The Morgan fingerprint density at radius 3 is 1.73 bits per heavy atom. The molecule has 6 nitrogen and oxygen atoms in total. The van der Waals surface area contributed by atoms with E-state index in [0.29, 0.717) is 35.3 Å². The van der Waals surface area contributed by atoms with Gasteiger partial charge < -0.3 is 23.8 Å². The Hall–Kier alpha value is -3.81. The Balaban J connectivity index is 1.77. The maximum Gasteiger partial charge on any atom is 0.165 e. The van der Waals surface area contributed by atoms with Crippen molar-refractivity contribution in [3.63, 3.8) is 0 Å². The molecule has 0 unspecified atom stereocenters. The van der Waals surface area contributed by atoms with Crippen LogP contribution in [0.3, 0.4) is 0 Å². The summed E-state index contributed by atoms with van der Waals surface area (Å²) in [6.45, 7) is 1.26. The van der Waals surface area contributed by atoms with Gasteiger partial charge in [-0.1, -0.05) is 78.0 Å². The molecule has 0 bridgehead atoms. The third kappa shape index (κ3) is 7.87. The van der Waals surface area contributed by atoms with Gasteiger partial charge in [-0.2, -0.15) is 0 Å². The summed E-state index contributed by atoms with van der Waals surface area (Å²) in [5.41, 5.74) is 4.08. The van der Waals surface area contributed by atoms with Gasteiger partial charge >= 0.3 is 0 Å². The minimum absolute atomic E-state index is 0.464. The van der Waals surface area contributed by atoms with Crippen LogP contribution >= 0.6 is 23.4 Å². The smallest absolute Gasteiger partial charge is 0.165 e. The lowest BCUT2D eigenvalue weighted by molar-refractivity contribution is 0.394. The lowest BCUT2D eigenvalue weighted by Gasteiger charge is -2.27. The van der Waals surface area contributed by atoms with Crippen LogP contribution in [0.15, 0.2) is 96.0 Å². The van der Waals surface area contributed by atoms with Crippen molar-refractivity contribution in [1.29, 1.82) is 0 Å². The molecule has 4 aromatic rings. The van der Waals surface area contributed by atoms with Crippen molar-refractivity contribution in [2.45, 2.75) is 18.8 Å². The van der Waals surface area contributed by atoms with Crippen molar-refractivity contribution in [3.8, 4) is 23.0 Å². The van der Waals surface area contributed by atoms with Crippen LogP contribution < -0.4 is 18.9 Å². The Kier molecular flexibility index (Phi) is 10.6. The van der Waals surface area contributed by atoms with E-state index in [1.54, 1.807) is 52.3 Å². The predicted molar refractivity (Wildman–Crippen MR) is 165 cm³/mol. The molecule has 0 atom stereocenters. The largest absolute Gasteiger partial charge is 0.497 e. The monoisotopic (exact) mass is 576 g/mol. The van der Waals surface area contributed by atoms with Crippen LogP contribution in [0.5, 0.6) is 23.0 Å². The van der Waals surface area contributed by atoms with Gasteiger partial charge in [-0.25, -0.2) is 4.99 Å². The maximum atomic E-state index is 6.52. The summed E-state index contributed by atoms with van der Waals surface area (Å²) in [6.07, 6.45) is 0. The van der Waals surface area contributed by atoms with Crippen molar-refractivity contribution in [1.82, 2.24) is 4.90 Å². The fraction of sp³-hybridized carbons (Fsp3) is 0.219. The molecule has 8 heteroatoms. The summed E-state index contributed by atoms with van der Waals surface area (Å²) in [6, 6.07) is 30.1. The van der Waals surface area contributed by atoms with Crippen molar-refractivity contribution >= 4 is 34.2 Å². The molecule has 0 heterocycles. The Morgan fingerprint density at radius 2 is 1.23 bits per heavy atom. The molecular weight excluding hydrogens is 544 g/mol.